The van der Waals surface area contributed by atoms with Gasteiger partial charge in [0.2, 0.25) is 0 Å². The van der Waals surface area contributed by atoms with Gasteiger partial charge in [0, 0.05) is 37.3 Å². The van der Waals surface area contributed by atoms with Gasteiger partial charge in [-0.25, -0.2) is 14.3 Å². The Balaban J connectivity index is 1.88. The van der Waals surface area contributed by atoms with Gasteiger partial charge in [0.25, 0.3) is 0 Å². The van der Waals surface area contributed by atoms with Crippen molar-refractivity contribution in [3.05, 3.63) is 47.5 Å². The van der Waals surface area contributed by atoms with E-state index in [0.717, 1.165) is 16.8 Å². The van der Waals surface area contributed by atoms with E-state index in [1.807, 2.05) is 30.0 Å². The Bertz CT molecular complexity index is 736. The van der Waals surface area contributed by atoms with E-state index in [-0.39, 0.29) is 25.0 Å². The Morgan fingerprint density at radius 2 is 1.92 bits per heavy atom. The lowest BCUT2D eigenvalue weighted by molar-refractivity contribution is -0.0363. The lowest BCUT2D eigenvalue weighted by Crippen LogP contribution is -2.30. The molecule has 3 rings (SSSR count). The highest BCUT2D eigenvalue weighted by Gasteiger charge is 2.34. The monoisotopic (exact) mass is 369 g/mol. The Hall–Kier alpha value is -2.00. The summed E-state index contributed by atoms with van der Waals surface area (Å²) in [4.78, 5) is 10.4. The predicted molar refractivity (Wildman–Crippen MR) is 92.7 cm³/mol. The molecule has 0 bridgehead atoms. The summed E-state index contributed by atoms with van der Waals surface area (Å²) in [7, 11) is 0. The first kappa shape index (κ1) is 17.8. The second-order valence-electron chi connectivity index (χ2n) is 5.83. The largest absolute Gasteiger partial charge is 0.456 e. The zero-order valence-electron chi connectivity index (χ0n) is 13.6. The molecule has 0 spiro atoms. The van der Waals surface area contributed by atoms with Crippen molar-refractivity contribution in [1.82, 2.24) is 14.3 Å². The zero-order chi connectivity index (χ0) is 18.0. The van der Waals surface area contributed by atoms with Crippen molar-refractivity contribution >= 4 is 23.3 Å². The number of alkyl halides is 3. The molecule has 0 amide bonds. The van der Waals surface area contributed by atoms with Crippen LogP contribution in [0.1, 0.15) is 17.0 Å². The van der Waals surface area contributed by atoms with Crippen LogP contribution in [0.3, 0.4) is 0 Å². The van der Waals surface area contributed by atoms with Crippen molar-refractivity contribution in [3.8, 4) is 0 Å². The van der Waals surface area contributed by atoms with Crippen LogP contribution in [0.15, 0.2) is 30.6 Å². The van der Waals surface area contributed by atoms with Gasteiger partial charge in [-0.05, 0) is 24.1 Å². The number of anilines is 2. The molecule has 0 saturated heterocycles. The Morgan fingerprint density at radius 3 is 2.60 bits per heavy atom. The van der Waals surface area contributed by atoms with Crippen molar-refractivity contribution in [3.63, 3.8) is 0 Å². The number of fused-ring (bicyclic) bond motifs is 1. The molecule has 1 aliphatic rings. The molecule has 134 valence electrons. The third-order valence-corrected chi connectivity index (χ3v) is 4.75. The summed E-state index contributed by atoms with van der Waals surface area (Å²) in [5, 5.41) is 0. The van der Waals surface area contributed by atoms with Crippen LogP contribution in [0, 0.1) is 6.92 Å². The molecule has 1 aromatic heterocycles. The van der Waals surface area contributed by atoms with Crippen LogP contribution < -0.4 is 10.6 Å². The minimum Gasteiger partial charge on any atom is -0.396 e. The number of nitrogen functional groups attached to an aromatic ring is 1. The van der Waals surface area contributed by atoms with Gasteiger partial charge in [-0.1, -0.05) is 12.1 Å². The molecule has 0 radical (unpaired) electrons. The fraction of sp³-hybridized carbons (Fsp3) is 0.375. The molecule has 25 heavy (non-hydrogen) atoms. The van der Waals surface area contributed by atoms with Crippen molar-refractivity contribution in [1.29, 1.82) is 0 Å². The number of aromatic nitrogens is 2. The molecule has 0 aliphatic carbocycles. The standard InChI is InChI=1S/C16H18F3N5S/c1-11-3-2-4-14-13(11)9-24(25-16(17,18)19)6-5-23(14)10-15-21-7-12(20)8-22-15/h2-4,7-8H,5-6,9-10,20H2,1H3. The fourth-order valence-electron chi connectivity index (χ4n) is 2.80. The van der Waals surface area contributed by atoms with E-state index < -0.39 is 5.51 Å². The van der Waals surface area contributed by atoms with Crippen molar-refractivity contribution in [2.75, 3.05) is 23.7 Å². The maximum Gasteiger partial charge on any atom is 0.456 e. The summed E-state index contributed by atoms with van der Waals surface area (Å²) in [6.45, 7) is 3.31. The van der Waals surface area contributed by atoms with Crippen molar-refractivity contribution in [2.45, 2.75) is 25.5 Å². The van der Waals surface area contributed by atoms with Crippen molar-refractivity contribution in [2.24, 2.45) is 0 Å². The van der Waals surface area contributed by atoms with Gasteiger partial charge in [0.05, 0.1) is 24.6 Å². The van der Waals surface area contributed by atoms with Crippen LogP contribution in [-0.2, 0) is 13.1 Å². The summed E-state index contributed by atoms with van der Waals surface area (Å²) >= 11 is -0.0675. The van der Waals surface area contributed by atoms with E-state index in [4.69, 9.17) is 5.73 Å². The summed E-state index contributed by atoms with van der Waals surface area (Å²) in [5.74, 6) is 0.582. The SMILES string of the molecule is Cc1cccc2c1CN(SC(F)(F)F)CCN2Cc1ncc(N)cn1. The lowest BCUT2D eigenvalue weighted by Gasteiger charge is -2.24. The van der Waals surface area contributed by atoms with Gasteiger partial charge >= 0.3 is 5.51 Å². The van der Waals surface area contributed by atoms with Crippen LogP contribution in [0.25, 0.3) is 0 Å². The van der Waals surface area contributed by atoms with Crippen LogP contribution in [0.5, 0.6) is 0 Å². The quantitative estimate of drug-likeness (QED) is 0.838. The molecule has 9 heteroatoms. The summed E-state index contributed by atoms with van der Waals surface area (Å²) in [6, 6.07) is 5.76. The minimum atomic E-state index is -4.29. The first-order chi connectivity index (χ1) is 11.8. The summed E-state index contributed by atoms with van der Waals surface area (Å²) in [5.41, 5.74) is 4.57. The third kappa shape index (κ3) is 4.55. The number of nitrogens with two attached hydrogens (primary N) is 1. The third-order valence-electron chi connectivity index (χ3n) is 3.97. The number of hydrogen-bond acceptors (Lipinski definition) is 6. The molecule has 1 aliphatic heterocycles. The lowest BCUT2D eigenvalue weighted by atomic mass is 10.1. The van der Waals surface area contributed by atoms with Crippen LogP contribution >= 0.6 is 11.9 Å². The average molecular weight is 369 g/mol. The zero-order valence-corrected chi connectivity index (χ0v) is 14.4. The van der Waals surface area contributed by atoms with Gasteiger partial charge in [-0.15, -0.1) is 0 Å². The average Bonchev–Trinajstić information content (AvgIpc) is 2.69. The van der Waals surface area contributed by atoms with Gasteiger partial charge in [0.15, 0.2) is 0 Å². The maximum absolute atomic E-state index is 12.8. The van der Waals surface area contributed by atoms with Gasteiger partial charge in [-0.2, -0.15) is 13.2 Å². The summed E-state index contributed by atoms with van der Waals surface area (Å²) < 4.78 is 39.8. The number of hydrogen-bond donors (Lipinski definition) is 1. The maximum atomic E-state index is 12.8. The smallest absolute Gasteiger partial charge is 0.396 e. The fourth-order valence-corrected chi connectivity index (χ4v) is 3.46. The van der Waals surface area contributed by atoms with Crippen LogP contribution in [-0.4, -0.2) is 32.9 Å². The molecular formula is C16H18F3N5S. The van der Waals surface area contributed by atoms with Gasteiger partial charge in [0.1, 0.15) is 5.82 Å². The molecule has 5 nitrogen and oxygen atoms in total. The Labute approximate surface area is 148 Å². The minimum absolute atomic E-state index is 0.0675. The number of nitrogens with zero attached hydrogens (tertiary/aromatic N) is 4. The van der Waals surface area contributed by atoms with Crippen LogP contribution in [0.4, 0.5) is 24.5 Å². The van der Waals surface area contributed by atoms with Crippen LogP contribution in [0.2, 0.25) is 0 Å². The molecule has 0 atom stereocenters. The van der Waals surface area contributed by atoms with Crippen molar-refractivity contribution < 1.29 is 13.2 Å². The normalized spacial score (nSPS) is 15.8. The number of aryl methyl sites for hydroxylation is 1. The molecule has 2 heterocycles. The molecule has 2 N–H and O–H groups in total. The molecule has 2 aromatic rings. The highest BCUT2D eigenvalue weighted by molar-refractivity contribution is 7.97. The molecule has 0 unspecified atom stereocenters. The van der Waals surface area contributed by atoms with Gasteiger partial charge < -0.3 is 10.6 Å². The highest BCUT2D eigenvalue weighted by Crippen LogP contribution is 2.37. The topological polar surface area (TPSA) is 58.3 Å². The van der Waals surface area contributed by atoms with E-state index in [2.05, 4.69) is 9.97 Å². The highest BCUT2D eigenvalue weighted by atomic mass is 32.2. The predicted octanol–water partition coefficient (Wildman–Crippen LogP) is 3.36. The van der Waals surface area contributed by atoms with E-state index in [9.17, 15) is 13.2 Å². The first-order valence-electron chi connectivity index (χ1n) is 7.72. The molecule has 1 aromatic carbocycles. The Kier molecular flexibility index (Phi) is 5.05. The number of benzene rings is 1. The van der Waals surface area contributed by atoms with E-state index in [1.165, 1.54) is 16.7 Å². The van der Waals surface area contributed by atoms with Gasteiger partial charge in [-0.3, -0.25) is 0 Å². The molecular weight excluding hydrogens is 351 g/mol. The second-order valence-corrected chi connectivity index (χ2v) is 6.99. The van der Waals surface area contributed by atoms with E-state index in [1.54, 1.807) is 0 Å². The van der Waals surface area contributed by atoms with E-state index in [0.29, 0.717) is 24.6 Å². The first-order valence-corrected chi connectivity index (χ1v) is 8.50. The second kappa shape index (κ2) is 7.09. The summed E-state index contributed by atoms with van der Waals surface area (Å²) in [6.07, 6.45) is 3.06. The number of halogens is 3. The van der Waals surface area contributed by atoms with E-state index >= 15 is 0 Å². The molecule has 0 fully saturated rings. The molecule has 0 saturated carbocycles. The number of rotatable bonds is 3. The Morgan fingerprint density at radius 1 is 1.20 bits per heavy atom.